The number of nitrogens with one attached hydrogen (secondary N) is 1. The van der Waals surface area contributed by atoms with Crippen LogP contribution in [0.4, 0.5) is 5.69 Å². The molecule has 2 aromatic carbocycles. The maximum absolute atomic E-state index is 5.82. The van der Waals surface area contributed by atoms with E-state index in [4.69, 9.17) is 5.73 Å². The molecule has 3 N–H and O–H groups in total. The van der Waals surface area contributed by atoms with E-state index >= 15 is 0 Å². The van der Waals surface area contributed by atoms with Crippen LogP contribution in [-0.4, -0.2) is 19.0 Å². The molecular weight excluding hydrogens is 423 g/mol. The number of benzene rings is 2. The van der Waals surface area contributed by atoms with Crippen LogP contribution in [0.2, 0.25) is 0 Å². The van der Waals surface area contributed by atoms with Gasteiger partial charge in [-0.15, -0.1) is 24.0 Å². The summed E-state index contributed by atoms with van der Waals surface area (Å²) in [6.07, 6.45) is 2.19. The number of guanidine groups is 1. The number of hydrogen-bond donors (Lipinski definition) is 2. The molecule has 0 atom stereocenters. The SMILES string of the molecule is CCCNC(N)=NCc1ccc(CN2CCc3ccccc32)cc1.I. The fraction of sp³-hybridized carbons (Fsp3) is 0.350. The molecule has 1 heterocycles. The van der Waals surface area contributed by atoms with Crippen LogP contribution in [-0.2, 0) is 19.5 Å². The lowest BCUT2D eigenvalue weighted by Crippen LogP contribution is -2.32. The fourth-order valence-electron chi connectivity index (χ4n) is 3.03. The van der Waals surface area contributed by atoms with Crippen LogP contribution in [0.5, 0.6) is 0 Å². The lowest BCUT2D eigenvalue weighted by molar-refractivity contribution is 0.824. The minimum absolute atomic E-state index is 0. The summed E-state index contributed by atoms with van der Waals surface area (Å²) in [6, 6.07) is 17.4. The van der Waals surface area contributed by atoms with Gasteiger partial charge in [0.25, 0.3) is 0 Å². The van der Waals surface area contributed by atoms with E-state index in [1.165, 1.54) is 22.4 Å². The maximum Gasteiger partial charge on any atom is 0.188 e. The molecule has 0 aromatic heterocycles. The Morgan fingerprint density at radius 2 is 1.84 bits per heavy atom. The molecule has 0 radical (unpaired) electrons. The summed E-state index contributed by atoms with van der Waals surface area (Å²) in [5, 5.41) is 3.09. The first-order valence-corrected chi connectivity index (χ1v) is 8.70. The Morgan fingerprint density at radius 1 is 1.12 bits per heavy atom. The highest BCUT2D eigenvalue weighted by Gasteiger charge is 2.17. The second kappa shape index (κ2) is 9.65. The Balaban J connectivity index is 0.00000225. The number of anilines is 1. The Kier molecular flexibility index (Phi) is 7.55. The van der Waals surface area contributed by atoms with Gasteiger partial charge in [-0.3, -0.25) is 0 Å². The van der Waals surface area contributed by atoms with Gasteiger partial charge >= 0.3 is 0 Å². The predicted molar refractivity (Wildman–Crippen MR) is 117 cm³/mol. The molecule has 0 unspecified atom stereocenters. The lowest BCUT2D eigenvalue weighted by atomic mass is 10.1. The Hall–Kier alpha value is -1.76. The number of hydrogen-bond acceptors (Lipinski definition) is 2. The molecule has 25 heavy (non-hydrogen) atoms. The smallest absolute Gasteiger partial charge is 0.188 e. The van der Waals surface area contributed by atoms with Crippen LogP contribution >= 0.6 is 24.0 Å². The summed E-state index contributed by atoms with van der Waals surface area (Å²) in [4.78, 5) is 6.82. The van der Waals surface area contributed by atoms with Crippen LogP contribution in [0.15, 0.2) is 53.5 Å². The maximum atomic E-state index is 5.82. The highest BCUT2D eigenvalue weighted by molar-refractivity contribution is 14.0. The van der Waals surface area contributed by atoms with Gasteiger partial charge in [0.05, 0.1) is 6.54 Å². The average molecular weight is 450 g/mol. The van der Waals surface area contributed by atoms with Crippen LogP contribution in [0.25, 0.3) is 0 Å². The Bertz CT molecular complexity index is 697. The van der Waals surface area contributed by atoms with E-state index in [0.717, 1.165) is 32.5 Å². The number of nitrogens with two attached hydrogens (primary N) is 1. The van der Waals surface area contributed by atoms with Crippen molar-refractivity contribution in [2.75, 3.05) is 18.0 Å². The molecule has 5 heteroatoms. The first kappa shape index (κ1) is 19.6. The molecule has 0 amide bonds. The third kappa shape index (κ3) is 5.36. The summed E-state index contributed by atoms with van der Waals surface area (Å²) in [7, 11) is 0. The molecule has 1 aliphatic rings. The van der Waals surface area contributed by atoms with Gasteiger partial charge in [-0.05, 0) is 35.6 Å². The summed E-state index contributed by atoms with van der Waals surface area (Å²) in [6.45, 7) is 5.66. The summed E-state index contributed by atoms with van der Waals surface area (Å²) >= 11 is 0. The van der Waals surface area contributed by atoms with Gasteiger partial charge in [-0.2, -0.15) is 0 Å². The molecule has 0 saturated heterocycles. The zero-order valence-electron chi connectivity index (χ0n) is 14.7. The summed E-state index contributed by atoms with van der Waals surface area (Å²) in [5.74, 6) is 0.523. The Morgan fingerprint density at radius 3 is 2.60 bits per heavy atom. The zero-order chi connectivity index (χ0) is 16.8. The summed E-state index contributed by atoms with van der Waals surface area (Å²) < 4.78 is 0. The second-order valence-electron chi connectivity index (χ2n) is 6.25. The van der Waals surface area contributed by atoms with Crippen LogP contribution in [0.3, 0.4) is 0 Å². The second-order valence-corrected chi connectivity index (χ2v) is 6.25. The topological polar surface area (TPSA) is 53.6 Å². The van der Waals surface area contributed by atoms with E-state index in [9.17, 15) is 0 Å². The van der Waals surface area contributed by atoms with Crippen LogP contribution < -0.4 is 16.0 Å². The lowest BCUT2D eigenvalue weighted by Gasteiger charge is -2.19. The van der Waals surface area contributed by atoms with Gasteiger partial charge in [-0.25, -0.2) is 4.99 Å². The first-order chi connectivity index (χ1) is 11.8. The zero-order valence-corrected chi connectivity index (χ0v) is 17.1. The monoisotopic (exact) mass is 450 g/mol. The van der Waals surface area contributed by atoms with Gasteiger partial charge in [0.2, 0.25) is 0 Å². The van der Waals surface area contributed by atoms with Gasteiger partial charge in [0.1, 0.15) is 0 Å². The minimum atomic E-state index is 0. The number of rotatable bonds is 6. The van der Waals surface area contributed by atoms with Crippen LogP contribution in [0.1, 0.15) is 30.0 Å². The van der Waals surface area contributed by atoms with Gasteiger partial charge < -0.3 is 16.0 Å². The van der Waals surface area contributed by atoms with E-state index < -0.39 is 0 Å². The highest BCUT2D eigenvalue weighted by atomic mass is 127. The van der Waals surface area contributed by atoms with E-state index in [2.05, 4.69) is 70.7 Å². The van der Waals surface area contributed by atoms with Crippen molar-refractivity contribution >= 4 is 35.6 Å². The van der Waals surface area contributed by atoms with Crippen molar-refractivity contribution in [3.8, 4) is 0 Å². The van der Waals surface area contributed by atoms with Crippen molar-refractivity contribution in [1.29, 1.82) is 0 Å². The van der Waals surface area contributed by atoms with Gasteiger partial charge in [0.15, 0.2) is 5.96 Å². The number of fused-ring (bicyclic) bond motifs is 1. The molecule has 134 valence electrons. The van der Waals surface area contributed by atoms with Crippen molar-refractivity contribution < 1.29 is 0 Å². The molecule has 0 saturated carbocycles. The van der Waals surface area contributed by atoms with Crippen molar-refractivity contribution in [1.82, 2.24) is 5.32 Å². The molecule has 3 rings (SSSR count). The predicted octanol–water partition coefficient (Wildman–Crippen LogP) is 3.68. The van der Waals surface area contributed by atoms with Crippen LogP contribution in [0, 0.1) is 0 Å². The van der Waals surface area contributed by atoms with Gasteiger partial charge in [-0.1, -0.05) is 49.4 Å². The largest absolute Gasteiger partial charge is 0.370 e. The normalized spacial score (nSPS) is 13.3. The molecule has 4 nitrogen and oxygen atoms in total. The number of halogens is 1. The summed E-state index contributed by atoms with van der Waals surface area (Å²) in [5.41, 5.74) is 11.2. The number of nitrogens with zero attached hydrogens (tertiary/aromatic N) is 2. The molecule has 0 bridgehead atoms. The van der Waals surface area contributed by atoms with E-state index in [1.54, 1.807) is 0 Å². The molecular formula is C20H27IN4. The van der Waals surface area contributed by atoms with Gasteiger partial charge in [0, 0.05) is 25.3 Å². The quantitative estimate of drug-likeness (QED) is 0.401. The Labute approximate surface area is 167 Å². The molecule has 0 fully saturated rings. The molecule has 1 aliphatic heterocycles. The minimum Gasteiger partial charge on any atom is -0.370 e. The fourth-order valence-corrected chi connectivity index (χ4v) is 3.03. The van der Waals surface area contributed by atoms with Crippen molar-refractivity contribution in [3.05, 3.63) is 65.2 Å². The average Bonchev–Trinajstić information content (AvgIpc) is 3.02. The molecule has 2 aromatic rings. The first-order valence-electron chi connectivity index (χ1n) is 8.70. The van der Waals surface area contributed by atoms with Crippen molar-refractivity contribution in [2.24, 2.45) is 10.7 Å². The van der Waals surface area contributed by atoms with E-state index in [-0.39, 0.29) is 24.0 Å². The van der Waals surface area contributed by atoms with Crippen molar-refractivity contribution in [2.45, 2.75) is 32.9 Å². The van der Waals surface area contributed by atoms with E-state index in [0.29, 0.717) is 12.5 Å². The third-order valence-electron chi connectivity index (χ3n) is 4.37. The number of para-hydroxylation sites is 1. The highest BCUT2D eigenvalue weighted by Crippen LogP contribution is 2.28. The van der Waals surface area contributed by atoms with Crippen molar-refractivity contribution in [3.63, 3.8) is 0 Å². The standard InChI is InChI=1S/C20H26N4.HI/c1-2-12-22-20(21)23-14-16-7-9-17(10-8-16)15-24-13-11-18-5-3-4-6-19(18)24;/h3-10H,2,11-15H2,1H3,(H3,21,22,23);1H. The molecule has 0 aliphatic carbocycles. The number of aliphatic imine (C=N–C) groups is 1. The molecule has 0 spiro atoms. The third-order valence-corrected chi connectivity index (χ3v) is 4.37. The van der Waals surface area contributed by atoms with E-state index in [1.807, 2.05) is 0 Å².